The maximum absolute atomic E-state index is 11.6. The molecule has 0 saturated carbocycles. The highest BCUT2D eigenvalue weighted by molar-refractivity contribution is 7.90. The smallest absolute Gasteiger partial charge is 0.264 e. The second kappa shape index (κ2) is 6.40. The minimum Gasteiger partial charge on any atom is -0.612 e. The number of benzene rings is 1. The van der Waals surface area contributed by atoms with Crippen LogP contribution in [0.3, 0.4) is 0 Å². The van der Waals surface area contributed by atoms with E-state index >= 15 is 0 Å². The number of aromatic nitrogens is 2. The maximum atomic E-state index is 11.6. The van der Waals surface area contributed by atoms with Gasteiger partial charge in [0.1, 0.15) is 6.26 Å². The van der Waals surface area contributed by atoms with E-state index in [1.807, 2.05) is 12.1 Å². The standard InChI is InChI=1S/C14H14N2O3S/c1-19-14-10(4-3-5-12(14)20(2)18)6-7-11-8-9-13(17)16-15-11/h3-9H,1-2H3,(H,16,17). The second-order valence-corrected chi connectivity index (χ2v) is 5.36. The first-order chi connectivity index (χ1) is 9.61. The summed E-state index contributed by atoms with van der Waals surface area (Å²) >= 11 is -1.12. The lowest BCUT2D eigenvalue weighted by Gasteiger charge is -2.11. The first kappa shape index (κ1) is 14.4. The lowest BCUT2D eigenvalue weighted by atomic mass is 10.1. The summed E-state index contributed by atoms with van der Waals surface area (Å²) in [6.07, 6.45) is 5.15. The van der Waals surface area contributed by atoms with Crippen molar-refractivity contribution in [3.8, 4) is 5.75 Å². The summed E-state index contributed by atoms with van der Waals surface area (Å²) in [6, 6.07) is 8.46. The molecule has 1 unspecified atom stereocenters. The van der Waals surface area contributed by atoms with E-state index in [0.717, 1.165) is 5.56 Å². The highest BCUT2D eigenvalue weighted by Crippen LogP contribution is 2.29. The molecule has 0 bridgehead atoms. The number of methoxy groups -OCH3 is 1. The molecule has 20 heavy (non-hydrogen) atoms. The van der Waals surface area contributed by atoms with Gasteiger partial charge in [-0.1, -0.05) is 12.1 Å². The number of para-hydroxylation sites is 1. The van der Waals surface area contributed by atoms with Crippen molar-refractivity contribution in [2.45, 2.75) is 4.90 Å². The Morgan fingerprint density at radius 2 is 2.10 bits per heavy atom. The Morgan fingerprint density at radius 1 is 1.30 bits per heavy atom. The van der Waals surface area contributed by atoms with Crippen LogP contribution < -0.4 is 10.3 Å². The third-order valence-corrected chi connectivity index (χ3v) is 3.60. The highest BCUT2D eigenvalue weighted by atomic mass is 32.2. The molecule has 1 N–H and O–H groups in total. The van der Waals surface area contributed by atoms with E-state index < -0.39 is 11.2 Å². The maximum Gasteiger partial charge on any atom is 0.264 e. The summed E-state index contributed by atoms with van der Waals surface area (Å²) in [6.45, 7) is 0. The molecular formula is C14H14N2O3S. The van der Waals surface area contributed by atoms with Gasteiger partial charge in [0.25, 0.3) is 5.56 Å². The first-order valence-corrected chi connectivity index (χ1v) is 7.42. The first-order valence-electron chi connectivity index (χ1n) is 5.86. The van der Waals surface area contributed by atoms with Crippen molar-refractivity contribution in [1.82, 2.24) is 10.2 Å². The van der Waals surface area contributed by atoms with Gasteiger partial charge in [0, 0.05) is 11.6 Å². The molecule has 1 aromatic carbocycles. The third kappa shape index (κ3) is 3.28. The van der Waals surface area contributed by atoms with Crippen LogP contribution >= 0.6 is 0 Å². The third-order valence-electron chi connectivity index (χ3n) is 2.66. The van der Waals surface area contributed by atoms with Gasteiger partial charge in [0.2, 0.25) is 0 Å². The molecule has 0 amide bonds. The molecule has 1 heterocycles. The van der Waals surface area contributed by atoms with Crippen molar-refractivity contribution in [2.24, 2.45) is 0 Å². The van der Waals surface area contributed by atoms with Gasteiger partial charge in [-0.05, 0) is 35.5 Å². The number of ether oxygens (including phenoxy) is 1. The topological polar surface area (TPSA) is 78.0 Å². The monoisotopic (exact) mass is 290 g/mol. The van der Waals surface area contributed by atoms with Crippen molar-refractivity contribution in [3.05, 3.63) is 51.9 Å². The van der Waals surface area contributed by atoms with Gasteiger partial charge in [0.15, 0.2) is 10.6 Å². The van der Waals surface area contributed by atoms with Gasteiger partial charge < -0.3 is 9.29 Å². The summed E-state index contributed by atoms with van der Waals surface area (Å²) < 4.78 is 17.0. The Morgan fingerprint density at radius 3 is 2.70 bits per heavy atom. The molecule has 0 aliphatic rings. The zero-order valence-corrected chi connectivity index (χ0v) is 11.9. The second-order valence-electron chi connectivity index (χ2n) is 4.01. The Bertz CT molecular complexity index is 660. The summed E-state index contributed by atoms with van der Waals surface area (Å²) in [5.74, 6) is 0.578. The van der Waals surface area contributed by atoms with Crippen molar-refractivity contribution < 1.29 is 9.29 Å². The molecule has 1 atom stereocenters. The molecule has 0 aliphatic heterocycles. The fourth-order valence-electron chi connectivity index (χ4n) is 1.73. The van der Waals surface area contributed by atoms with Crippen LogP contribution in [-0.4, -0.2) is 28.1 Å². The lowest BCUT2D eigenvalue weighted by Crippen LogP contribution is -2.05. The molecule has 0 spiro atoms. The molecule has 5 nitrogen and oxygen atoms in total. The average molecular weight is 290 g/mol. The largest absolute Gasteiger partial charge is 0.612 e. The predicted molar refractivity (Wildman–Crippen MR) is 79.1 cm³/mol. The molecule has 2 aromatic rings. The summed E-state index contributed by atoms with van der Waals surface area (Å²) in [5.41, 5.74) is 1.17. The van der Waals surface area contributed by atoms with Gasteiger partial charge in [-0.25, -0.2) is 5.10 Å². The van der Waals surface area contributed by atoms with Gasteiger partial charge >= 0.3 is 0 Å². The Labute approximate surface area is 119 Å². The van der Waals surface area contributed by atoms with Crippen LogP contribution in [0.2, 0.25) is 0 Å². The van der Waals surface area contributed by atoms with Gasteiger partial charge in [-0.3, -0.25) is 4.79 Å². The number of nitrogens with zero attached hydrogens (tertiary/aromatic N) is 1. The number of hydrogen-bond donors (Lipinski definition) is 1. The zero-order chi connectivity index (χ0) is 14.5. The summed E-state index contributed by atoms with van der Waals surface area (Å²) in [4.78, 5) is 11.6. The lowest BCUT2D eigenvalue weighted by molar-refractivity contribution is 0.402. The van der Waals surface area contributed by atoms with E-state index in [9.17, 15) is 9.35 Å². The van der Waals surface area contributed by atoms with Gasteiger partial charge in [0.05, 0.1) is 12.8 Å². The van der Waals surface area contributed by atoms with Crippen LogP contribution in [0.5, 0.6) is 5.75 Å². The SMILES string of the molecule is COc1c(C=Cc2ccc(=O)[nH]n2)cccc1[S+](C)[O-]. The minimum atomic E-state index is -1.12. The fraction of sp³-hybridized carbons (Fsp3) is 0.143. The van der Waals surface area contributed by atoms with Gasteiger partial charge in [-0.2, -0.15) is 5.10 Å². The summed E-state index contributed by atoms with van der Waals surface area (Å²) in [7, 11) is 1.54. The van der Waals surface area contributed by atoms with E-state index in [4.69, 9.17) is 4.74 Å². The average Bonchev–Trinajstić information content (AvgIpc) is 2.46. The Balaban J connectivity index is 2.35. The van der Waals surface area contributed by atoms with Crippen molar-refractivity contribution in [1.29, 1.82) is 0 Å². The van der Waals surface area contributed by atoms with E-state index in [0.29, 0.717) is 16.3 Å². The minimum absolute atomic E-state index is 0.247. The van der Waals surface area contributed by atoms with Crippen LogP contribution in [0.25, 0.3) is 12.2 Å². The molecule has 0 radical (unpaired) electrons. The number of nitrogens with one attached hydrogen (secondary N) is 1. The van der Waals surface area contributed by atoms with Crippen LogP contribution in [0.4, 0.5) is 0 Å². The normalized spacial score (nSPS) is 12.6. The quantitative estimate of drug-likeness (QED) is 0.869. The van der Waals surface area contributed by atoms with Crippen LogP contribution in [0, 0.1) is 0 Å². The molecule has 1 aromatic heterocycles. The van der Waals surface area contributed by atoms with E-state index in [1.54, 1.807) is 37.7 Å². The van der Waals surface area contributed by atoms with E-state index in [1.165, 1.54) is 6.07 Å². The molecule has 2 rings (SSSR count). The van der Waals surface area contributed by atoms with Crippen molar-refractivity contribution >= 4 is 23.3 Å². The molecule has 0 fully saturated rings. The van der Waals surface area contributed by atoms with E-state index in [2.05, 4.69) is 10.2 Å². The molecule has 104 valence electrons. The highest BCUT2D eigenvalue weighted by Gasteiger charge is 2.14. The molecule has 0 saturated heterocycles. The van der Waals surface area contributed by atoms with Gasteiger partial charge in [-0.15, -0.1) is 0 Å². The van der Waals surface area contributed by atoms with Crippen LogP contribution in [0.15, 0.2) is 40.0 Å². The van der Waals surface area contributed by atoms with E-state index in [-0.39, 0.29) is 5.56 Å². The van der Waals surface area contributed by atoms with Crippen molar-refractivity contribution in [2.75, 3.05) is 13.4 Å². The molecular weight excluding hydrogens is 276 g/mol. The number of rotatable bonds is 4. The number of aromatic amines is 1. The molecule has 6 heteroatoms. The predicted octanol–water partition coefficient (Wildman–Crippen LogP) is 1.69. The summed E-state index contributed by atoms with van der Waals surface area (Å²) in [5, 5.41) is 6.24. The van der Waals surface area contributed by atoms with Crippen LogP contribution in [-0.2, 0) is 11.2 Å². The number of hydrogen-bond acceptors (Lipinski definition) is 4. The Kier molecular flexibility index (Phi) is 4.60. The molecule has 0 aliphatic carbocycles. The van der Waals surface area contributed by atoms with Crippen LogP contribution in [0.1, 0.15) is 11.3 Å². The fourth-order valence-corrected chi connectivity index (χ4v) is 2.46. The van der Waals surface area contributed by atoms with Crippen molar-refractivity contribution in [3.63, 3.8) is 0 Å². The zero-order valence-electron chi connectivity index (χ0n) is 11.1. The number of H-pyrrole nitrogens is 1. The Hall–Kier alpha value is -2.05.